The summed E-state index contributed by atoms with van der Waals surface area (Å²) in [5.74, 6) is -0.185. The van der Waals surface area contributed by atoms with E-state index in [9.17, 15) is 4.79 Å². The molecule has 0 spiro atoms. The van der Waals surface area contributed by atoms with Crippen molar-refractivity contribution in [3.05, 3.63) is 33.4 Å². The lowest BCUT2D eigenvalue weighted by atomic mass is 10.0. The fourth-order valence-corrected chi connectivity index (χ4v) is 2.69. The van der Waals surface area contributed by atoms with Gasteiger partial charge >= 0.3 is 0 Å². The largest absolute Gasteiger partial charge is 0.368 e. The van der Waals surface area contributed by atoms with E-state index in [1.807, 2.05) is 0 Å². The van der Waals surface area contributed by atoms with Crippen molar-refractivity contribution < 1.29 is 4.79 Å². The normalized spacial score (nSPS) is 21.4. The van der Waals surface area contributed by atoms with Crippen molar-refractivity contribution in [3.8, 4) is 0 Å². The zero-order valence-corrected chi connectivity index (χ0v) is 11.9. The summed E-state index contributed by atoms with van der Waals surface area (Å²) in [6.45, 7) is 1.80. The summed E-state index contributed by atoms with van der Waals surface area (Å²) < 4.78 is 1.23. The van der Waals surface area contributed by atoms with Gasteiger partial charge in [0.15, 0.2) is 0 Å². The number of carbonyl (C=O) groups is 1. The molecule has 0 aliphatic carbocycles. The minimum absolute atomic E-state index is 0.0805. The average Bonchev–Trinajstić information content (AvgIpc) is 2.32. The third-order valence-corrected chi connectivity index (χ3v) is 3.96. The highest BCUT2D eigenvalue weighted by atomic mass is 127. The molecule has 2 N–H and O–H groups in total. The number of hydrogen-bond donors (Lipinski definition) is 1. The summed E-state index contributed by atoms with van der Waals surface area (Å²) in [4.78, 5) is 13.6. The third-order valence-electron chi connectivity index (χ3n) is 3.24. The van der Waals surface area contributed by atoms with Crippen LogP contribution in [0.2, 0.25) is 0 Å². The second-order valence-electron chi connectivity index (χ2n) is 4.51. The van der Waals surface area contributed by atoms with E-state index in [1.54, 1.807) is 0 Å². The molecule has 1 amide bonds. The lowest BCUT2D eigenvalue weighted by Gasteiger charge is -2.33. The van der Waals surface area contributed by atoms with E-state index in [1.165, 1.54) is 9.13 Å². The number of benzene rings is 1. The molecule has 0 bridgehead atoms. The lowest BCUT2D eigenvalue weighted by Crippen LogP contribution is -2.47. The van der Waals surface area contributed by atoms with E-state index >= 15 is 0 Å². The molecule has 0 saturated carbocycles. The van der Waals surface area contributed by atoms with Crippen molar-refractivity contribution in [1.29, 1.82) is 0 Å². The van der Waals surface area contributed by atoms with Crippen LogP contribution in [0.4, 0.5) is 0 Å². The van der Waals surface area contributed by atoms with E-state index < -0.39 is 0 Å². The minimum Gasteiger partial charge on any atom is -0.368 e. The van der Waals surface area contributed by atoms with Gasteiger partial charge in [-0.25, -0.2) is 0 Å². The Morgan fingerprint density at radius 2 is 2.06 bits per heavy atom. The van der Waals surface area contributed by atoms with Crippen molar-refractivity contribution in [1.82, 2.24) is 4.90 Å². The quantitative estimate of drug-likeness (QED) is 0.854. The summed E-state index contributed by atoms with van der Waals surface area (Å²) in [5, 5.41) is 0. The molecule has 0 radical (unpaired) electrons. The second kappa shape index (κ2) is 5.82. The van der Waals surface area contributed by atoms with Crippen LogP contribution >= 0.6 is 22.6 Å². The number of hydrogen-bond acceptors (Lipinski definition) is 2. The van der Waals surface area contributed by atoms with Crippen LogP contribution in [0.5, 0.6) is 0 Å². The van der Waals surface area contributed by atoms with Crippen molar-refractivity contribution in [2.24, 2.45) is 5.73 Å². The Morgan fingerprint density at radius 1 is 1.35 bits per heavy atom. The van der Waals surface area contributed by atoms with Crippen LogP contribution in [0.3, 0.4) is 0 Å². The molecule has 1 unspecified atom stereocenters. The zero-order chi connectivity index (χ0) is 12.3. The molecular weight excluding hydrogens is 327 g/mol. The standard InChI is InChI=1S/C13H17IN2O/c14-11-6-4-10(5-7-11)9-16-8-2-1-3-12(16)13(15)17/h4-7,12H,1-3,8-9H2,(H2,15,17). The third kappa shape index (κ3) is 3.42. The van der Waals surface area contributed by atoms with Gasteiger partial charge in [-0.3, -0.25) is 9.69 Å². The Morgan fingerprint density at radius 3 is 2.71 bits per heavy atom. The summed E-state index contributed by atoms with van der Waals surface area (Å²) in [6.07, 6.45) is 3.17. The Bertz CT molecular complexity index is 391. The molecule has 1 aliphatic heterocycles. The van der Waals surface area contributed by atoms with Gasteiger partial charge in [-0.2, -0.15) is 0 Å². The molecule has 1 saturated heterocycles. The van der Waals surface area contributed by atoms with Gasteiger partial charge < -0.3 is 5.73 Å². The molecule has 17 heavy (non-hydrogen) atoms. The monoisotopic (exact) mass is 344 g/mol. The van der Waals surface area contributed by atoms with E-state index in [0.717, 1.165) is 32.4 Å². The van der Waals surface area contributed by atoms with Crippen molar-refractivity contribution >= 4 is 28.5 Å². The number of amides is 1. The van der Waals surface area contributed by atoms with Crippen LogP contribution in [-0.2, 0) is 11.3 Å². The first-order chi connectivity index (χ1) is 8.16. The molecule has 3 nitrogen and oxygen atoms in total. The van der Waals surface area contributed by atoms with Crippen LogP contribution in [0.15, 0.2) is 24.3 Å². The van der Waals surface area contributed by atoms with Crippen LogP contribution in [0.25, 0.3) is 0 Å². The highest BCUT2D eigenvalue weighted by molar-refractivity contribution is 14.1. The summed E-state index contributed by atoms with van der Waals surface area (Å²) >= 11 is 2.29. The average molecular weight is 344 g/mol. The van der Waals surface area contributed by atoms with Crippen LogP contribution in [0.1, 0.15) is 24.8 Å². The maximum atomic E-state index is 11.4. The van der Waals surface area contributed by atoms with Gasteiger partial charge in [0.1, 0.15) is 0 Å². The minimum atomic E-state index is -0.185. The number of likely N-dealkylation sites (tertiary alicyclic amines) is 1. The molecule has 1 aromatic carbocycles. The molecule has 1 fully saturated rings. The van der Waals surface area contributed by atoms with E-state index in [0.29, 0.717) is 0 Å². The van der Waals surface area contributed by atoms with Gasteiger partial charge in [0.2, 0.25) is 5.91 Å². The molecule has 2 rings (SSSR count). The van der Waals surface area contributed by atoms with Gasteiger partial charge in [0.25, 0.3) is 0 Å². The molecule has 0 aromatic heterocycles. The fourth-order valence-electron chi connectivity index (χ4n) is 2.33. The van der Waals surface area contributed by atoms with E-state index in [4.69, 9.17) is 5.73 Å². The highest BCUT2D eigenvalue weighted by Gasteiger charge is 2.26. The smallest absolute Gasteiger partial charge is 0.234 e. The molecule has 4 heteroatoms. The van der Waals surface area contributed by atoms with Crippen LogP contribution in [0, 0.1) is 3.57 Å². The first kappa shape index (κ1) is 12.8. The van der Waals surface area contributed by atoms with E-state index in [2.05, 4.69) is 51.8 Å². The SMILES string of the molecule is NC(=O)C1CCCCN1Cc1ccc(I)cc1. The highest BCUT2D eigenvalue weighted by Crippen LogP contribution is 2.19. The molecule has 1 aliphatic rings. The molecule has 92 valence electrons. The van der Waals surface area contributed by atoms with Crippen molar-refractivity contribution in [2.45, 2.75) is 31.8 Å². The summed E-state index contributed by atoms with van der Waals surface area (Å²) in [7, 11) is 0. The molecular formula is C13H17IN2O. The number of nitrogens with zero attached hydrogens (tertiary/aromatic N) is 1. The van der Waals surface area contributed by atoms with Gasteiger partial charge in [0, 0.05) is 10.1 Å². The lowest BCUT2D eigenvalue weighted by molar-refractivity contribution is -0.124. The van der Waals surface area contributed by atoms with Gasteiger partial charge in [-0.05, 0) is 59.7 Å². The predicted octanol–water partition coefficient (Wildman–Crippen LogP) is 2.13. The van der Waals surface area contributed by atoms with Crippen LogP contribution < -0.4 is 5.73 Å². The Labute approximate surface area is 116 Å². The van der Waals surface area contributed by atoms with Gasteiger partial charge in [0.05, 0.1) is 6.04 Å². The first-order valence-corrected chi connectivity index (χ1v) is 7.02. The second-order valence-corrected chi connectivity index (χ2v) is 5.76. The topological polar surface area (TPSA) is 46.3 Å². The molecule has 1 heterocycles. The Hall–Kier alpha value is -0.620. The van der Waals surface area contributed by atoms with Crippen molar-refractivity contribution in [3.63, 3.8) is 0 Å². The summed E-state index contributed by atoms with van der Waals surface area (Å²) in [6, 6.07) is 8.35. The van der Waals surface area contributed by atoms with Gasteiger partial charge in [-0.15, -0.1) is 0 Å². The predicted molar refractivity (Wildman–Crippen MR) is 76.4 cm³/mol. The number of rotatable bonds is 3. The number of piperidine rings is 1. The van der Waals surface area contributed by atoms with Crippen LogP contribution in [-0.4, -0.2) is 23.4 Å². The van der Waals surface area contributed by atoms with Gasteiger partial charge in [-0.1, -0.05) is 18.6 Å². The fraction of sp³-hybridized carbons (Fsp3) is 0.462. The Kier molecular flexibility index (Phi) is 4.39. The number of nitrogens with two attached hydrogens (primary N) is 1. The number of carbonyl (C=O) groups excluding carboxylic acids is 1. The zero-order valence-electron chi connectivity index (χ0n) is 9.73. The molecule has 1 aromatic rings. The maximum absolute atomic E-state index is 11.4. The number of primary amides is 1. The first-order valence-electron chi connectivity index (χ1n) is 5.94. The molecule has 1 atom stereocenters. The van der Waals surface area contributed by atoms with Crippen molar-refractivity contribution in [2.75, 3.05) is 6.54 Å². The van der Waals surface area contributed by atoms with E-state index in [-0.39, 0.29) is 11.9 Å². The number of halogens is 1. The maximum Gasteiger partial charge on any atom is 0.234 e. The summed E-state index contributed by atoms with van der Waals surface area (Å²) in [5.41, 5.74) is 6.70. The Balaban J connectivity index is 2.05.